The van der Waals surface area contributed by atoms with Crippen molar-refractivity contribution in [3.05, 3.63) is 78.6 Å². The fourth-order valence-corrected chi connectivity index (χ4v) is 3.77. The Kier molecular flexibility index (Phi) is 3.80. The Balaban J connectivity index is 1.77. The van der Waals surface area contributed by atoms with Crippen LogP contribution in [0.15, 0.2) is 73.1 Å². The van der Waals surface area contributed by atoms with E-state index in [1.165, 1.54) is 5.56 Å². The van der Waals surface area contributed by atoms with Crippen LogP contribution in [0, 0.1) is 0 Å². The van der Waals surface area contributed by atoms with Gasteiger partial charge in [-0.3, -0.25) is 4.98 Å². The van der Waals surface area contributed by atoms with Crippen molar-refractivity contribution in [3.63, 3.8) is 0 Å². The minimum Gasteiger partial charge on any atom is -0.394 e. The van der Waals surface area contributed by atoms with E-state index in [0.717, 1.165) is 34.4 Å². The summed E-state index contributed by atoms with van der Waals surface area (Å²) in [5.41, 5.74) is 4.13. The monoisotopic (exact) mass is 354 g/mol. The van der Waals surface area contributed by atoms with Gasteiger partial charge in [0.1, 0.15) is 5.82 Å². The summed E-state index contributed by atoms with van der Waals surface area (Å²) in [4.78, 5) is 15.9. The molecular formula is C22H18N4O. The summed E-state index contributed by atoms with van der Waals surface area (Å²) >= 11 is 0. The Bertz CT molecular complexity index is 1110. The Morgan fingerprint density at radius 1 is 0.926 bits per heavy atom. The molecule has 3 heterocycles. The van der Waals surface area contributed by atoms with Crippen LogP contribution in [-0.4, -0.2) is 32.7 Å². The second-order valence-corrected chi connectivity index (χ2v) is 6.66. The molecule has 0 radical (unpaired) electrons. The van der Waals surface area contributed by atoms with E-state index >= 15 is 0 Å². The molecule has 0 amide bonds. The van der Waals surface area contributed by atoms with Gasteiger partial charge < -0.3 is 10.0 Å². The number of nitrogens with zero attached hydrogens (tertiary/aromatic N) is 4. The molecule has 5 rings (SSSR count). The summed E-state index contributed by atoms with van der Waals surface area (Å²) < 4.78 is 0. The second-order valence-electron chi connectivity index (χ2n) is 6.66. The summed E-state index contributed by atoms with van der Waals surface area (Å²) in [6.45, 7) is 0.0671. The third-order valence-electron chi connectivity index (χ3n) is 5.03. The number of pyridine rings is 1. The molecule has 5 heteroatoms. The van der Waals surface area contributed by atoms with Gasteiger partial charge in [-0.2, -0.15) is 0 Å². The van der Waals surface area contributed by atoms with Gasteiger partial charge in [0.2, 0.25) is 0 Å². The summed E-state index contributed by atoms with van der Waals surface area (Å²) in [5, 5.41) is 11.0. The largest absolute Gasteiger partial charge is 0.394 e. The summed E-state index contributed by atoms with van der Waals surface area (Å²) in [6, 6.07) is 20.1. The molecule has 0 fully saturated rings. The lowest BCUT2D eigenvalue weighted by molar-refractivity contribution is 0.268. The zero-order valence-electron chi connectivity index (χ0n) is 14.7. The van der Waals surface area contributed by atoms with E-state index in [1.54, 1.807) is 12.4 Å². The van der Waals surface area contributed by atoms with Gasteiger partial charge in [0.15, 0.2) is 5.82 Å². The van der Waals surface area contributed by atoms with E-state index < -0.39 is 0 Å². The normalized spacial score (nSPS) is 15.9. The molecule has 0 bridgehead atoms. The minimum atomic E-state index is -0.0361. The SMILES string of the molecule is OCC1Cc2ccccc2N1c1nc(-c2ccncc2)nc2ccccc12. The van der Waals surface area contributed by atoms with Gasteiger partial charge in [-0.25, -0.2) is 9.97 Å². The standard InChI is InChI=1S/C22H18N4O/c27-14-17-13-16-5-1-4-8-20(16)26(17)22-18-6-2-3-7-19(18)24-21(25-22)15-9-11-23-12-10-15/h1-12,17,27H,13-14H2. The van der Waals surface area contributed by atoms with Crippen molar-refractivity contribution < 1.29 is 5.11 Å². The van der Waals surface area contributed by atoms with E-state index in [0.29, 0.717) is 5.82 Å². The van der Waals surface area contributed by atoms with Crippen molar-refractivity contribution >= 4 is 22.4 Å². The van der Waals surface area contributed by atoms with Crippen molar-refractivity contribution in [2.24, 2.45) is 0 Å². The number of hydrogen-bond donors (Lipinski definition) is 1. The molecule has 1 aliphatic rings. The average Bonchev–Trinajstić information content (AvgIpc) is 3.12. The van der Waals surface area contributed by atoms with Crippen LogP contribution in [0.3, 0.4) is 0 Å². The van der Waals surface area contributed by atoms with Crippen LogP contribution in [0.4, 0.5) is 11.5 Å². The van der Waals surface area contributed by atoms with Crippen molar-refractivity contribution in [1.29, 1.82) is 0 Å². The van der Waals surface area contributed by atoms with E-state index in [4.69, 9.17) is 9.97 Å². The molecule has 4 aromatic rings. The first kappa shape index (κ1) is 15.9. The highest BCUT2D eigenvalue weighted by atomic mass is 16.3. The molecular weight excluding hydrogens is 336 g/mol. The molecule has 27 heavy (non-hydrogen) atoms. The molecule has 5 nitrogen and oxygen atoms in total. The summed E-state index contributed by atoms with van der Waals surface area (Å²) in [6.07, 6.45) is 4.29. The molecule has 2 aromatic heterocycles. The quantitative estimate of drug-likeness (QED) is 0.607. The number of aliphatic hydroxyl groups excluding tert-OH is 1. The Hall–Kier alpha value is -3.31. The first-order chi connectivity index (χ1) is 13.3. The Morgan fingerprint density at radius 2 is 1.70 bits per heavy atom. The van der Waals surface area contributed by atoms with Gasteiger partial charge in [0.25, 0.3) is 0 Å². The fraction of sp³-hybridized carbons (Fsp3) is 0.136. The van der Waals surface area contributed by atoms with Crippen LogP contribution in [0.1, 0.15) is 5.56 Å². The smallest absolute Gasteiger partial charge is 0.162 e. The van der Waals surface area contributed by atoms with E-state index in [1.807, 2.05) is 48.5 Å². The molecule has 1 unspecified atom stereocenters. The van der Waals surface area contributed by atoms with Crippen LogP contribution in [-0.2, 0) is 6.42 Å². The molecule has 1 N–H and O–H groups in total. The van der Waals surface area contributed by atoms with Gasteiger partial charge in [-0.05, 0) is 42.3 Å². The van der Waals surface area contributed by atoms with Gasteiger partial charge in [0.05, 0.1) is 18.2 Å². The zero-order valence-corrected chi connectivity index (χ0v) is 14.7. The lowest BCUT2D eigenvalue weighted by Crippen LogP contribution is -2.31. The van der Waals surface area contributed by atoms with Crippen LogP contribution in [0.5, 0.6) is 0 Å². The average molecular weight is 354 g/mol. The van der Waals surface area contributed by atoms with Crippen molar-refractivity contribution in [1.82, 2.24) is 15.0 Å². The molecule has 0 aliphatic carbocycles. The predicted octanol–water partition coefficient (Wildman–Crippen LogP) is 3.75. The minimum absolute atomic E-state index is 0.0361. The van der Waals surface area contributed by atoms with Crippen molar-refractivity contribution in [2.75, 3.05) is 11.5 Å². The van der Waals surface area contributed by atoms with Crippen LogP contribution < -0.4 is 4.90 Å². The van der Waals surface area contributed by atoms with Gasteiger partial charge >= 0.3 is 0 Å². The van der Waals surface area contributed by atoms with E-state index in [-0.39, 0.29) is 12.6 Å². The highest BCUT2D eigenvalue weighted by Crippen LogP contribution is 2.40. The Labute approximate surface area is 157 Å². The van der Waals surface area contributed by atoms with Gasteiger partial charge in [0, 0.05) is 29.0 Å². The molecule has 0 saturated carbocycles. The van der Waals surface area contributed by atoms with Crippen molar-refractivity contribution in [2.45, 2.75) is 12.5 Å². The Morgan fingerprint density at radius 3 is 2.56 bits per heavy atom. The summed E-state index contributed by atoms with van der Waals surface area (Å²) in [7, 11) is 0. The van der Waals surface area contributed by atoms with Crippen LogP contribution in [0.2, 0.25) is 0 Å². The number of anilines is 2. The number of aliphatic hydroxyl groups is 1. The van der Waals surface area contributed by atoms with Crippen LogP contribution >= 0.6 is 0 Å². The molecule has 2 aromatic carbocycles. The topological polar surface area (TPSA) is 62.1 Å². The van der Waals surface area contributed by atoms with Gasteiger partial charge in [-0.15, -0.1) is 0 Å². The van der Waals surface area contributed by atoms with E-state index in [2.05, 4.69) is 22.0 Å². The highest BCUT2D eigenvalue weighted by molar-refractivity contribution is 5.94. The molecule has 0 saturated heterocycles. The third-order valence-corrected chi connectivity index (χ3v) is 5.03. The third kappa shape index (κ3) is 2.64. The first-order valence-electron chi connectivity index (χ1n) is 9.00. The van der Waals surface area contributed by atoms with Crippen LogP contribution in [0.25, 0.3) is 22.3 Å². The molecule has 0 spiro atoms. The molecule has 132 valence electrons. The fourth-order valence-electron chi connectivity index (χ4n) is 3.77. The first-order valence-corrected chi connectivity index (χ1v) is 9.00. The van der Waals surface area contributed by atoms with E-state index in [9.17, 15) is 5.11 Å². The number of para-hydroxylation sites is 2. The number of fused-ring (bicyclic) bond motifs is 2. The lowest BCUT2D eigenvalue weighted by atomic mass is 10.1. The number of benzene rings is 2. The number of rotatable bonds is 3. The second kappa shape index (κ2) is 6.45. The molecule has 1 atom stereocenters. The number of hydrogen-bond acceptors (Lipinski definition) is 5. The number of aromatic nitrogens is 3. The summed E-state index contributed by atoms with van der Waals surface area (Å²) in [5.74, 6) is 1.49. The maximum Gasteiger partial charge on any atom is 0.162 e. The predicted molar refractivity (Wildman–Crippen MR) is 106 cm³/mol. The maximum atomic E-state index is 10.0. The van der Waals surface area contributed by atoms with Crippen molar-refractivity contribution in [3.8, 4) is 11.4 Å². The lowest BCUT2D eigenvalue weighted by Gasteiger charge is -2.26. The van der Waals surface area contributed by atoms with Gasteiger partial charge in [-0.1, -0.05) is 30.3 Å². The molecule has 1 aliphatic heterocycles. The zero-order chi connectivity index (χ0) is 18.2. The maximum absolute atomic E-state index is 10.0. The highest BCUT2D eigenvalue weighted by Gasteiger charge is 2.32.